The third-order valence-electron chi connectivity index (χ3n) is 3.54. The quantitative estimate of drug-likeness (QED) is 0.733. The molecular formula is C19H23NO. The van der Waals surface area contributed by atoms with Crippen LogP contribution in [-0.2, 0) is 17.6 Å². The Balaban J connectivity index is 1.54. The van der Waals surface area contributed by atoms with Crippen LogP contribution in [0.15, 0.2) is 60.7 Å². The summed E-state index contributed by atoms with van der Waals surface area (Å²) in [5, 5.41) is 2.99. The van der Waals surface area contributed by atoms with E-state index < -0.39 is 0 Å². The van der Waals surface area contributed by atoms with E-state index in [4.69, 9.17) is 0 Å². The van der Waals surface area contributed by atoms with Gasteiger partial charge in [0, 0.05) is 13.0 Å². The number of amides is 1. The van der Waals surface area contributed by atoms with Crippen molar-refractivity contribution in [1.29, 1.82) is 0 Å². The lowest BCUT2D eigenvalue weighted by Gasteiger charge is -2.05. The lowest BCUT2D eigenvalue weighted by molar-refractivity contribution is -0.121. The van der Waals surface area contributed by atoms with Gasteiger partial charge in [-0.1, -0.05) is 60.7 Å². The third kappa shape index (κ3) is 6.26. The Kier molecular flexibility index (Phi) is 6.53. The maximum absolute atomic E-state index is 11.7. The van der Waals surface area contributed by atoms with Gasteiger partial charge >= 0.3 is 0 Å². The second kappa shape index (κ2) is 8.96. The van der Waals surface area contributed by atoms with Gasteiger partial charge in [-0.15, -0.1) is 0 Å². The van der Waals surface area contributed by atoms with Crippen molar-refractivity contribution in [2.24, 2.45) is 0 Å². The molecule has 0 aliphatic heterocycles. The molecule has 0 aromatic heterocycles. The van der Waals surface area contributed by atoms with E-state index in [0.717, 1.165) is 32.2 Å². The molecule has 2 nitrogen and oxygen atoms in total. The van der Waals surface area contributed by atoms with Crippen molar-refractivity contribution in [3.8, 4) is 0 Å². The lowest BCUT2D eigenvalue weighted by Crippen LogP contribution is -2.25. The molecule has 2 heteroatoms. The molecular weight excluding hydrogens is 258 g/mol. The molecule has 0 unspecified atom stereocenters. The normalized spacial score (nSPS) is 10.3. The molecule has 110 valence electrons. The fourth-order valence-electron chi connectivity index (χ4n) is 2.34. The van der Waals surface area contributed by atoms with Crippen LogP contribution in [0.4, 0.5) is 0 Å². The van der Waals surface area contributed by atoms with Crippen LogP contribution in [0.1, 0.15) is 30.4 Å². The number of benzene rings is 2. The maximum Gasteiger partial charge on any atom is 0.220 e. The Morgan fingerprint density at radius 3 is 1.95 bits per heavy atom. The highest BCUT2D eigenvalue weighted by molar-refractivity contribution is 5.75. The molecule has 0 spiro atoms. The number of nitrogens with one attached hydrogen (secondary N) is 1. The highest BCUT2D eigenvalue weighted by Gasteiger charge is 2.01. The first kappa shape index (κ1) is 15.3. The van der Waals surface area contributed by atoms with E-state index >= 15 is 0 Å². The topological polar surface area (TPSA) is 29.1 Å². The van der Waals surface area contributed by atoms with E-state index in [9.17, 15) is 4.79 Å². The molecule has 2 aromatic carbocycles. The van der Waals surface area contributed by atoms with Crippen LogP contribution in [0.5, 0.6) is 0 Å². The number of carbonyl (C=O) groups excluding carboxylic acids is 1. The van der Waals surface area contributed by atoms with Crippen LogP contribution in [0, 0.1) is 0 Å². The summed E-state index contributed by atoms with van der Waals surface area (Å²) in [5.74, 6) is 0.166. The van der Waals surface area contributed by atoms with Crippen LogP contribution in [0.2, 0.25) is 0 Å². The SMILES string of the molecule is O=C(CCCCc1ccccc1)NCCc1ccccc1. The number of carbonyl (C=O) groups is 1. The van der Waals surface area contributed by atoms with Gasteiger partial charge in [0.1, 0.15) is 0 Å². The number of unbranched alkanes of at least 4 members (excludes halogenated alkanes) is 1. The van der Waals surface area contributed by atoms with E-state index in [0.29, 0.717) is 6.42 Å². The van der Waals surface area contributed by atoms with Crippen LogP contribution >= 0.6 is 0 Å². The minimum atomic E-state index is 0.166. The van der Waals surface area contributed by atoms with Crippen LogP contribution in [0.25, 0.3) is 0 Å². The molecule has 0 aliphatic carbocycles. The summed E-state index contributed by atoms with van der Waals surface area (Å²) < 4.78 is 0. The number of rotatable bonds is 8. The fraction of sp³-hybridized carbons (Fsp3) is 0.316. The van der Waals surface area contributed by atoms with Crippen molar-refractivity contribution in [3.63, 3.8) is 0 Å². The molecule has 2 rings (SSSR count). The van der Waals surface area contributed by atoms with Gasteiger partial charge in [0.2, 0.25) is 5.91 Å². The summed E-state index contributed by atoms with van der Waals surface area (Å²) in [6.07, 6.45) is 4.60. The van der Waals surface area contributed by atoms with Gasteiger partial charge in [-0.2, -0.15) is 0 Å². The van der Waals surface area contributed by atoms with E-state index in [-0.39, 0.29) is 5.91 Å². The molecule has 0 saturated carbocycles. The van der Waals surface area contributed by atoms with Gasteiger partial charge in [-0.3, -0.25) is 4.79 Å². The molecule has 0 radical (unpaired) electrons. The van der Waals surface area contributed by atoms with Crippen molar-refractivity contribution in [2.75, 3.05) is 6.54 Å². The fourth-order valence-corrected chi connectivity index (χ4v) is 2.34. The summed E-state index contributed by atoms with van der Waals surface area (Å²) in [7, 11) is 0. The van der Waals surface area contributed by atoms with Gasteiger partial charge in [-0.25, -0.2) is 0 Å². The van der Waals surface area contributed by atoms with Crippen molar-refractivity contribution < 1.29 is 4.79 Å². The number of hydrogen-bond donors (Lipinski definition) is 1. The van der Waals surface area contributed by atoms with E-state index in [1.165, 1.54) is 11.1 Å². The Labute approximate surface area is 127 Å². The van der Waals surface area contributed by atoms with Gasteiger partial charge in [0.05, 0.1) is 0 Å². The second-order valence-electron chi connectivity index (χ2n) is 5.28. The van der Waals surface area contributed by atoms with E-state index in [1.54, 1.807) is 0 Å². The average Bonchev–Trinajstić information content (AvgIpc) is 2.54. The van der Waals surface area contributed by atoms with Gasteiger partial charge < -0.3 is 5.32 Å². The summed E-state index contributed by atoms with van der Waals surface area (Å²) in [6.45, 7) is 0.724. The predicted molar refractivity (Wildman–Crippen MR) is 87.2 cm³/mol. The van der Waals surface area contributed by atoms with Crippen LogP contribution in [0.3, 0.4) is 0 Å². The average molecular weight is 281 g/mol. The molecule has 21 heavy (non-hydrogen) atoms. The summed E-state index contributed by atoms with van der Waals surface area (Å²) >= 11 is 0. The summed E-state index contributed by atoms with van der Waals surface area (Å²) in [4.78, 5) is 11.7. The molecule has 0 bridgehead atoms. The van der Waals surface area contributed by atoms with Crippen LogP contribution in [-0.4, -0.2) is 12.5 Å². The number of hydrogen-bond acceptors (Lipinski definition) is 1. The molecule has 2 aromatic rings. The highest BCUT2D eigenvalue weighted by Crippen LogP contribution is 2.06. The van der Waals surface area contributed by atoms with Gasteiger partial charge in [-0.05, 0) is 36.8 Å². The molecule has 1 amide bonds. The molecule has 0 heterocycles. The smallest absolute Gasteiger partial charge is 0.220 e. The predicted octanol–water partition coefficient (Wildman–Crippen LogP) is 3.76. The first-order valence-corrected chi connectivity index (χ1v) is 7.69. The van der Waals surface area contributed by atoms with E-state index in [1.807, 2.05) is 24.3 Å². The maximum atomic E-state index is 11.7. The minimum Gasteiger partial charge on any atom is -0.356 e. The van der Waals surface area contributed by atoms with Crippen LogP contribution < -0.4 is 5.32 Å². The van der Waals surface area contributed by atoms with Crippen molar-refractivity contribution in [2.45, 2.75) is 32.1 Å². The first-order chi connectivity index (χ1) is 10.3. The largest absolute Gasteiger partial charge is 0.356 e. The minimum absolute atomic E-state index is 0.166. The Bertz CT molecular complexity index is 522. The van der Waals surface area contributed by atoms with Gasteiger partial charge in [0.15, 0.2) is 0 Å². The van der Waals surface area contributed by atoms with Gasteiger partial charge in [0.25, 0.3) is 0 Å². The van der Waals surface area contributed by atoms with Crippen molar-refractivity contribution in [1.82, 2.24) is 5.32 Å². The molecule has 0 atom stereocenters. The molecule has 0 fully saturated rings. The second-order valence-corrected chi connectivity index (χ2v) is 5.28. The Hall–Kier alpha value is -2.09. The summed E-state index contributed by atoms with van der Waals surface area (Å²) in [6, 6.07) is 20.7. The zero-order chi connectivity index (χ0) is 14.8. The third-order valence-corrected chi connectivity index (χ3v) is 3.54. The summed E-state index contributed by atoms with van der Waals surface area (Å²) in [5.41, 5.74) is 2.61. The molecule has 1 N–H and O–H groups in total. The first-order valence-electron chi connectivity index (χ1n) is 7.69. The lowest BCUT2D eigenvalue weighted by atomic mass is 10.1. The Morgan fingerprint density at radius 1 is 0.762 bits per heavy atom. The van der Waals surface area contributed by atoms with E-state index in [2.05, 4.69) is 41.7 Å². The van der Waals surface area contributed by atoms with Crippen molar-refractivity contribution >= 4 is 5.91 Å². The Morgan fingerprint density at radius 2 is 1.33 bits per heavy atom. The zero-order valence-electron chi connectivity index (χ0n) is 12.4. The molecule has 0 aliphatic rings. The standard InChI is InChI=1S/C19H23NO/c21-19(20-16-15-18-11-5-2-6-12-18)14-8-7-13-17-9-3-1-4-10-17/h1-6,9-12H,7-8,13-16H2,(H,20,21). The zero-order valence-corrected chi connectivity index (χ0v) is 12.4. The molecule has 0 saturated heterocycles. The monoisotopic (exact) mass is 281 g/mol. The van der Waals surface area contributed by atoms with Crippen molar-refractivity contribution in [3.05, 3.63) is 71.8 Å². The number of aryl methyl sites for hydroxylation is 1. The highest BCUT2D eigenvalue weighted by atomic mass is 16.1.